The molecule has 6 nitrogen and oxygen atoms in total. The lowest BCUT2D eigenvalue weighted by Crippen LogP contribution is -2.39. The smallest absolute Gasteiger partial charge is 0.191 e. The molecule has 0 aromatic heterocycles. The van der Waals surface area contributed by atoms with E-state index in [0.29, 0.717) is 32.2 Å². The van der Waals surface area contributed by atoms with Gasteiger partial charge in [-0.15, -0.1) is 0 Å². The number of rotatable bonds is 9. The predicted molar refractivity (Wildman–Crippen MR) is 120 cm³/mol. The van der Waals surface area contributed by atoms with Crippen molar-refractivity contribution in [3.63, 3.8) is 0 Å². The Morgan fingerprint density at radius 1 is 1.10 bits per heavy atom. The summed E-state index contributed by atoms with van der Waals surface area (Å²) in [5.41, 5.74) is 3.49. The molecule has 0 spiro atoms. The minimum atomic E-state index is 0.481. The standard InChI is InChI=1S/C24H33N3O3/c1-18-5-4-6-22(13-18)29-12-10-26-24(25-3)27-15-21-8-7-19(2)14-23(21)30-17-20-9-11-28-16-20/h4-8,13-14,20H,9-12,15-17H2,1-3H3,(H2,25,26,27). The van der Waals surface area contributed by atoms with Crippen LogP contribution in [0.2, 0.25) is 0 Å². The fourth-order valence-electron chi connectivity index (χ4n) is 3.31. The lowest BCUT2D eigenvalue weighted by molar-refractivity contribution is 0.166. The molecule has 1 heterocycles. The van der Waals surface area contributed by atoms with Crippen molar-refractivity contribution in [2.24, 2.45) is 10.9 Å². The van der Waals surface area contributed by atoms with Crippen LogP contribution in [-0.4, -0.2) is 46.0 Å². The topological polar surface area (TPSA) is 64.1 Å². The summed E-state index contributed by atoms with van der Waals surface area (Å²) in [4.78, 5) is 4.30. The van der Waals surface area contributed by atoms with Crippen LogP contribution in [-0.2, 0) is 11.3 Å². The van der Waals surface area contributed by atoms with E-state index in [9.17, 15) is 0 Å². The van der Waals surface area contributed by atoms with E-state index >= 15 is 0 Å². The van der Waals surface area contributed by atoms with E-state index in [-0.39, 0.29) is 0 Å². The molecule has 0 aliphatic carbocycles. The van der Waals surface area contributed by atoms with Gasteiger partial charge in [0, 0.05) is 31.7 Å². The van der Waals surface area contributed by atoms with Gasteiger partial charge in [0.2, 0.25) is 0 Å². The van der Waals surface area contributed by atoms with Gasteiger partial charge in [-0.05, 0) is 49.6 Å². The number of aliphatic imine (C=N–C) groups is 1. The average molecular weight is 412 g/mol. The van der Waals surface area contributed by atoms with Gasteiger partial charge in [0.1, 0.15) is 18.1 Å². The van der Waals surface area contributed by atoms with Crippen molar-refractivity contribution in [2.45, 2.75) is 26.8 Å². The van der Waals surface area contributed by atoms with E-state index in [4.69, 9.17) is 14.2 Å². The monoisotopic (exact) mass is 411 g/mol. The van der Waals surface area contributed by atoms with Crippen LogP contribution >= 0.6 is 0 Å². The fraction of sp³-hybridized carbons (Fsp3) is 0.458. The van der Waals surface area contributed by atoms with E-state index in [1.165, 1.54) is 11.1 Å². The van der Waals surface area contributed by atoms with Gasteiger partial charge >= 0.3 is 0 Å². The van der Waals surface area contributed by atoms with Gasteiger partial charge < -0.3 is 24.8 Å². The Labute approximate surface area is 179 Å². The third-order valence-corrected chi connectivity index (χ3v) is 5.04. The molecule has 1 atom stereocenters. The van der Waals surface area contributed by atoms with Crippen LogP contribution in [0.15, 0.2) is 47.5 Å². The number of ether oxygens (including phenoxy) is 3. The fourth-order valence-corrected chi connectivity index (χ4v) is 3.31. The molecule has 2 aromatic carbocycles. The van der Waals surface area contributed by atoms with Gasteiger partial charge in [-0.3, -0.25) is 4.99 Å². The van der Waals surface area contributed by atoms with Crippen molar-refractivity contribution in [3.8, 4) is 11.5 Å². The summed E-state index contributed by atoms with van der Waals surface area (Å²) in [6, 6.07) is 14.4. The zero-order chi connectivity index (χ0) is 21.2. The third kappa shape index (κ3) is 6.95. The van der Waals surface area contributed by atoms with Gasteiger partial charge in [0.05, 0.1) is 19.8 Å². The number of hydrogen-bond donors (Lipinski definition) is 2. The number of benzene rings is 2. The Kier molecular flexibility index (Phi) is 8.39. The molecule has 0 amide bonds. The van der Waals surface area contributed by atoms with E-state index in [0.717, 1.165) is 42.7 Å². The van der Waals surface area contributed by atoms with Crippen LogP contribution in [0, 0.1) is 19.8 Å². The van der Waals surface area contributed by atoms with E-state index in [2.05, 4.69) is 53.7 Å². The Morgan fingerprint density at radius 2 is 1.97 bits per heavy atom. The van der Waals surface area contributed by atoms with Crippen molar-refractivity contribution >= 4 is 5.96 Å². The van der Waals surface area contributed by atoms with Gasteiger partial charge in [-0.1, -0.05) is 24.3 Å². The van der Waals surface area contributed by atoms with Gasteiger partial charge in [-0.2, -0.15) is 0 Å². The summed E-state index contributed by atoms with van der Waals surface area (Å²) >= 11 is 0. The van der Waals surface area contributed by atoms with Crippen LogP contribution in [0.5, 0.6) is 11.5 Å². The van der Waals surface area contributed by atoms with Crippen molar-refractivity contribution < 1.29 is 14.2 Å². The second kappa shape index (κ2) is 11.5. The van der Waals surface area contributed by atoms with Crippen molar-refractivity contribution in [1.82, 2.24) is 10.6 Å². The highest BCUT2D eigenvalue weighted by Crippen LogP contribution is 2.22. The average Bonchev–Trinajstić information content (AvgIpc) is 3.26. The summed E-state index contributed by atoms with van der Waals surface area (Å²) in [5.74, 6) is 3.02. The zero-order valence-corrected chi connectivity index (χ0v) is 18.2. The Balaban J connectivity index is 1.45. The number of nitrogens with one attached hydrogen (secondary N) is 2. The quantitative estimate of drug-likeness (QED) is 0.376. The molecule has 6 heteroatoms. The second-order valence-electron chi connectivity index (χ2n) is 7.67. The minimum Gasteiger partial charge on any atom is -0.493 e. The Morgan fingerprint density at radius 3 is 2.73 bits per heavy atom. The summed E-state index contributed by atoms with van der Waals surface area (Å²) in [6.07, 6.45) is 1.07. The minimum absolute atomic E-state index is 0.481. The summed E-state index contributed by atoms with van der Waals surface area (Å²) < 4.78 is 17.4. The molecule has 30 heavy (non-hydrogen) atoms. The Bertz CT molecular complexity index is 832. The largest absolute Gasteiger partial charge is 0.493 e. The maximum Gasteiger partial charge on any atom is 0.191 e. The van der Waals surface area contributed by atoms with E-state index in [1.807, 2.05) is 18.2 Å². The van der Waals surface area contributed by atoms with Crippen LogP contribution < -0.4 is 20.1 Å². The van der Waals surface area contributed by atoms with Crippen molar-refractivity contribution in [3.05, 3.63) is 59.2 Å². The second-order valence-corrected chi connectivity index (χ2v) is 7.67. The lowest BCUT2D eigenvalue weighted by atomic mass is 10.1. The summed E-state index contributed by atoms with van der Waals surface area (Å²) in [7, 11) is 1.77. The molecule has 1 aliphatic heterocycles. The molecule has 1 unspecified atom stereocenters. The molecular formula is C24H33N3O3. The van der Waals surface area contributed by atoms with E-state index in [1.54, 1.807) is 7.05 Å². The summed E-state index contributed by atoms with van der Waals surface area (Å²) in [5, 5.41) is 6.65. The highest BCUT2D eigenvalue weighted by molar-refractivity contribution is 5.79. The molecule has 0 bridgehead atoms. The zero-order valence-electron chi connectivity index (χ0n) is 18.2. The predicted octanol–water partition coefficient (Wildman–Crippen LogP) is 3.46. The first kappa shape index (κ1) is 22.0. The molecule has 1 saturated heterocycles. The van der Waals surface area contributed by atoms with E-state index < -0.39 is 0 Å². The first-order chi connectivity index (χ1) is 14.6. The van der Waals surface area contributed by atoms with Crippen molar-refractivity contribution in [2.75, 3.05) is 40.0 Å². The molecule has 2 N–H and O–H groups in total. The maximum atomic E-state index is 6.12. The van der Waals surface area contributed by atoms with Crippen molar-refractivity contribution in [1.29, 1.82) is 0 Å². The summed E-state index contributed by atoms with van der Waals surface area (Å²) in [6.45, 7) is 8.32. The van der Waals surface area contributed by atoms with Gasteiger partial charge in [0.25, 0.3) is 0 Å². The van der Waals surface area contributed by atoms with Crippen LogP contribution in [0.1, 0.15) is 23.1 Å². The first-order valence-corrected chi connectivity index (χ1v) is 10.6. The van der Waals surface area contributed by atoms with Crippen LogP contribution in [0.25, 0.3) is 0 Å². The number of nitrogens with zero attached hydrogens (tertiary/aromatic N) is 1. The molecule has 1 fully saturated rings. The normalized spacial score (nSPS) is 16.4. The maximum absolute atomic E-state index is 6.12. The molecule has 162 valence electrons. The first-order valence-electron chi connectivity index (χ1n) is 10.6. The lowest BCUT2D eigenvalue weighted by Gasteiger charge is -2.17. The van der Waals surface area contributed by atoms with Crippen LogP contribution in [0.3, 0.4) is 0 Å². The number of aryl methyl sites for hydroxylation is 2. The van der Waals surface area contributed by atoms with Crippen LogP contribution in [0.4, 0.5) is 0 Å². The molecule has 0 radical (unpaired) electrons. The number of guanidine groups is 1. The molecular weight excluding hydrogens is 378 g/mol. The Hall–Kier alpha value is -2.73. The molecule has 0 saturated carbocycles. The SMILES string of the molecule is CN=C(NCCOc1cccc(C)c1)NCc1ccc(C)cc1OCC1CCOC1. The highest BCUT2D eigenvalue weighted by atomic mass is 16.5. The number of hydrogen-bond acceptors (Lipinski definition) is 4. The molecule has 2 aromatic rings. The van der Waals surface area contributed by atoms with Gasteiger partial charge in [-0.25, -0.2) is 0 Å². The third-order valence-electron chi connectivity index (χ3n) is 5.04. The van der Waals surface area contributed by atoms with Gasteiger partial charge in [0.15, 0.2) is 5.96 Å². The molecule has 1 aliphatic rings. The molecule has 3 rings (SSSR count). The highest BCUT2D eigenvalue weighted by Gasteiger charge is 2.17.